The molecule has 5 aromatic carbocycles. The minimum Gasteiger partial charge on any atom is -0.310 e. The second kappa shape index (κ2) is 6.15. The van der Waals surface area contributed by atoms with Crippen molar-refractivity contribution in [2.45, 2.75) is 9.79 Å². The molecule has 0 fully saturated rings. The summed E-state index contributed by atoms with van der Waals surface area (Å²) in [5, 5.41) is 5.55. The SMILES string of the molecule is c1ccc2c(c1)Sc1ccc3c4c5c(ccc4n4c3c1B2c1ccccc1-4)sc1ccccc15. The van der Waals surface area contributed by atoms with Crippen molar-refractivity contribution in [1.82, 2.24) is 4.57 Å². The van der Waals surface area contributed by atoms with Crippen molar-refractivity contribution in [3.8, 4) is 5.69 Å². The van der Waals surface area contributed by atoms with E-state index in [1.165, 1.54) is 73.8 Å². The van der Waals surface area contributed by atoms with Crippen molar-refractivity contribution in [3.05, 3.63) is 97.1 Å². The van der Waals surface area contributed by atoms with E-state index < -0.39 is 0 Å². The lowest BCUT2D eigenvalue weighted by Gasteiger charge is -2.32. The molecular formula is C30H16BNS2. The summed E-state index contributed by atoms with van der Waals surface area (Å²) in [6.45, 7) is 0.277. The first-order valence-electron chi connectivity index (χ1n) is 11.7. The summed E-state index contributed by atoms with van der Waals surface area (Å²) < 4.78 is 5.28. The van der Waals surface area contributed by atoms with Crippen LogP contribution in [0.3, 0.4) is 0 Å². The van der Waals surface area contributed by atoms with Crippen LogP contribution in [-0.4, -0.2) is 11.3 Å². The number of fused-ring (bicyclic) bond motifs is 12. The van der Waals surface area contributed by atoms with Crippen molar-refractivity contribution in [2.24, 2.45) is 0 Å². The molecule has 9 rings (SSSR count). The zero-order chi connectivity index (χ0) is 22.0. The molecule has 0 N–H and O–H groups in total. The summed E-state index contributed by atoms with van der Waals surface area (Å²) in [5.74, 6) is 0. The Morgan fingerprint density at radius 1 is 0.588 bits per heavy atom. The Labute approximate surface area is 204 Å². The first-order valence-corrected chi connectivity index (χ1v) is 13.3. The van der Waals surface area contributed by atoms with E-state index in [1.54, 1.807) is 0 Å². The summed E-state index contributed by atoms with van der Waals surface area (Å²) in [6, 6.07) is 36.3. The third kappa shape index (κ3) is 2.02. The van der Waals surface area contributed by atoms with Gasteiger partial charge >= 0.3 is 0 Å². The minimum atomic E-state index is 0.277. The number of hydrogen-bond donors (Lipinski definition) is 0. The number of benzene rings is 5. The molecule has 0 bridgehead atoms. The topological polar surface area (TPSA) is 4.93 Å². The van der Waals surface area contributed by atoms with Crippen LogP contribution in [0.4, 0.5) is 0 Å². The molecule has 2 aliphatic heterocycles. The van der Waals surface area contributed by atoms with E-state index in [9.17, 15) is 0 Å². The normalized spacial score (nSPS) is 13.7. The van der Waals surface area contributed by atoms with Gasteiger partial charge in [0.25, 0.3) is 0 Å². The molecule has 0 aliphatic carbocycles. The standard InChI is InChI=1S/C30H16BNS2/c1-5-11-23-17(7-1)28-25(33-23)16-14-22-27(28)18-13-15-26-29-30(18)32(22)21-10-4-2-8-19(21)31(29)20-9-3-6-12-24(20)34-26/h1-16H. The molecule has 0 spiro atoms. The predicted octanol–water partition coefficient (Wildman–Crippen LogP) is 6.45. The monoisotopic (exact) mass is 465 g/mol. The van der Waals surface area contributed by atoms with E-state index in [-0.39, 0.29) is 6.71 Å². The van der Waals surface area contributed by atoms with Crippen LogP contribution in [0.1, 0.15) is 0 Å². The van der Waals surface area contributed by atoms with Gasteiger partial charge in [-0.3, -0.25) is 0 Å². The predicted molar refractivity (Wildman–Crippen MR) is 149 cm³/mol. The fourth-order valence-electron chi connectivity index (χ4n) is 6.38. The van der Waals surface area contributed by atoms with Gasteiger partial charge in [0.1, 0.15) is 0 Å². The van der Waals surface area contributed by atoms with Crippen LogP contribution in [0, 0.1) is 0 Å². The fraction of sp³-hybridized carbons (Fsp3) is 0. The van der Waals surface area contributed by atoms with Gasteiger partial charge in [-0.25, -0.2) is 0 Å². The Kier molecular flexibility index (Phi) is 3.24. The first kappa shape index (κ1) is 17.9. The largest absolute Gasteiger partial charge is 0.310 e. The van der Waals surface area contributed by atoms with Gasteiger partial charge in [-0.05, 0) is 47.3 Å². The van der Waals surface area contributed by atoms with Crippen LogP contribution >= 0.6 is 23.1 Å². The average molecular weight is 465 g/mol. The van der Waals surface area contributed by atoms with Crippen LogP contribution < -0.4 is 16.4 Å². The summed E-state index contributed by atoms with van der Waals surface area (Å²) in [4.78, 5) is 2.77. The molecule has 2 aliphatic rings. The molecule has 0 atom stereocenters. The van der Waals surface area contributed by atoms with Crippen LogP contribution in [-0.2, 0) is 0 Å². The van der Waals surface area contributed by atoms with Gasteiger partial charge in [-0.2, -0.15) is 0 Å². The quantitative estimate of drug-likeness (QED) is 0.233. The summed E-state index contributed by atoms with van der Waals surface area (Å²) in [7, 11) is 0. The molecule has 0 amide bonds. The number of thiophene rings is 1. The highest BCUT2D eigenvalue weighted by atomic mass is 32.2. The first-order chi connectivity index (χ1) is 16.9. The van der Waals surface area contributed by atoms with Crippen molar-refractivity contribution < 1.29 is 0 Å². The number of nitrogens with zero attached hydrogens (tertiary/aromatic N) is 1. The van der Waals surface area contributed by atoms with Crippen molar-refractivity contribution in [1.29, 1.82) is 0 Å². The molecule has 4 heteroatoms. The van der Waals surface area contributed by atoms with Gasteiger partial charge in [-0.1, -0.05) is 77.9 Å². The summed E-state index contributed by atoms with van der Waals surface area (Å²) in [5.41, 5.74) is 8.34. The van der Waals surface area contributed by atoms with E-state index in [2.05, 4.69) is 102 Å². The lowest BCUT2D eigenvalue weighted by Crippen LogP contribution is -2.58. The molecule has 34 heavy (non-hydrogen) atoms. The highest BCUT2D eigenvalue weighted by Crippen LogP contribution is 2.45. The van der Waals surface area contributed by atoms with E-state index in [0.29, 0.717) is 0 Å². The van der Waals surface area contributed by atoms with Crippen molar-refractivity contribution in [2.75, 3.05) is 0 Å². The van der Waals surface area contributed by atoms with Crippen molar-refractivity contribution >= 4 is 88.2 Å². The third-order valence-corrected chi connectivity index (χ3v) is 9.96. The third-order valence-electron chi connectivity index (χ3n) is 7.66. The maximum absolute atomic E-state index is 2.55. The van der Waals surface area contributed by atoms with E-state index >= 15 is 0 Å². The van der Waals surface area contributed by atoms with E-state index in [1.807, 2.05) is 23.1 Å². The molecule has 7 aromatic rings. The summed E-state index contributed by atoms with van der Waals surface area (Å²) >= 11 is 3.83. The molecule has 0 radical (unpaired) electrons. The van der Waals surface area contributed by atoms with Crippen LogP contribution in [0.25, 0.3) is 47.7 Å². The molecular weight excluding hydrogens is 449 g/mol. The maximum atomic E-state index is 2.55. The van der Waals surface area contributed by atoms with Crippen LogP contribution in [0.2, 0.25) is 0 Å². The van der Waals surface area contributed by atoms with Gasteiger partial charge in [-0.15, -0.1) is 11.3 Å². The molecule has 0 unspecified atom stereocenters. The zero-order valence-electron chi connectivity index (χ0n) is 18.1. The molecule has 1 nitrogen and oxygen atoms in total. The van der Waals surface area contributed by atoms with Gasteiger partial charge < -0.3 is 4.57 Å². The Balaban J connectivity index is 1.56. The van der Waals surface area contributed by atoms with Gasteiger partial charge in [0.05, 0.1) is 11.0 Å². The fourth-order valence-corrected chi connectivity index (χ4v) is 8.64. The highest BCUT2D eigenvalue weighted by Gasteiger charge is 2.39. The average Bonchev–Trinajstić information content (AvgIpc) is 3.43. The Hall–Kier alpha value is -3.47. The van der Waals surface area contributed by atoms with Gasteiger partial charge in [0.2, 0.25) is 6.71 Å². The Morgan fingerprint density at radius 3 is 2.38 bits per heavy atom. The molecule has 4 heterocycles. The number of hydrogen-bond acceptors (Lipinski definition) is 2. The summed E-state index contributed by atoms with van der Waals surface area (Å²) in [6.07, 6.45) is 0. The molecule has 156 valence electrons. The number of para-hydroxylation sites is 1. The maximum Gasteiger partial charge on any atom is 0.249 e. The highest BCUT2D eigenvalue weighted by molar-refractivity contribution is 8.00. The second-order valence-corrected chi connectivity index (χ2v) is 11.4. The smallest absolute Gasteiger partial charge is 0.249 e. The second-order valence-electron chi connectivity index (χ2n) is 9.27. The van der Waals surface area contributed by atoms with Crippen molar-refractivity contribution in [3.63, 3.8) is 0 Å². The van der Waals surface area contributed by atoms with Crippen LogP contribution in [0.15, 0.2) is 107 Å². The van der Waals surface area contributed by atoms with Crippen LogP contribution in [0.5, 0.6) is 0 Å². The van der Waals surface area contributed by atoms with E-state index in [0.717, 1.165) is 0 Å². The molecule has 0 saturated carbocycles. The van der Waals surface area contributed by atoms with Gasteiger partial charge in [0, 0.05) is 46.4 Å². The number of rotatable bonds is 0. The Bertz CT molecular complexity index is 2010. The number of aromatic nitrogens is 1. The van der Waals surface area contributed by atoms with E-state index in [4.69, 9.17) is 0 Å². The van der Waals surface area contributed by atoms with Gasteiger partial charge in [0.15, 0.2) is 0 Å². The lowest BCUT2D eigenvalue weighted by molar-refractivity contribution is 1.18. The molecule has 2 aromatic heterocycles. The lowest BCUT2D eigenvalue weighted by atomic mass is 9.35. The molecule has 0 saturated heterocycles. The Morgan fingerprint density at radius 2 is 1.41 bits per heavy atom. The zero-order valence-corrected chi connectivity index (χ0v) is 19.7. The minimum absolute atomic E-state index is 0.277.